The molecule has 1 heterocycles. The highest BCUT2D eigenvalue weighted by Gasteiger charge is 2.21. The molecule has 3 aromatic rings. The van der Waals surface area contributed by atoms with Crippen molar-refractivity contribution in [2.75, 3.05) is 33.9 Å². The second kappa shape index (κ2) is 9.76. The third-order valence-electron chi connectivity index (χ3n) is 4.24. The summed E-state index contributed by atoms with van der Waals surface area (Å²) in [7, 11) is 5.92. The molecule has 10 nitrogen and oxygen atoms in total. The minimum atomic E-state index is -0.540. The van der Waals surface area contributed by atoms with Crippen LogP contribution in [-0.4, -0.2) is 44.6 Å². The van der Waals surface area contributed by atoms with Crippen molar-refractivity contribution in [3.8, 4) is 34.3 Å². The lowest BCUT2D eigenvalue weighted by molar-refractivity contribution is -0.385. The molecule has 2 aromatic carbocycles. The Labute approximate surface area is 182 Å². The summed E-state index contributed by atoms with van der Waals surface area (Å²) in [5.41, 5.74) is 4.60. The number of hydrazone groups is 1. The standard InChI is InChI=1S/C20H20N4O6S/c1-27-13-5-6-14(17(9-13)28-2)15-11-31-20(22-15)23-21-10-12-7-16(24(25)26)19(30-4)18(8-12)29-3/h5-11H,1-4H3,(H,22,23)/b21-10-. The SMILES string of the molecule is COc1ccc(-c2csc(N/N=C\c3cc(OC)c(OC)c([N+](=O)[O-])c3)n2)c(OC)c1. The van der Waals surface area contributed by atoms with E-state index in [1.54, 1.807) is 26.4 Å². The van der Waals surface area contributed by atoms with Gasteiger partial charge in [0.25, 0.3) is 0 Å². The average Bonchev–Trinajstić information content (AvgIpc) is 3.26. The number of ether oxygens (including phenoxy) is 4. The van der Waals surface area contributed by atoms with Crippen LogP contribution in [0, 0.1) is 10.1 Å². The van der Waals surface area contributed by atoms with Crippen LogP contribution in [0.3, 0.4) is 0 Å². The van der Waals surface area contributed by atoms with E-state index in [1.165, 1.54) is 37.8 Å². The van der Waals surface area contributed by atoms with Crippen molar-refractivity contribution in [2.24, 2.45) is 5.10 Å². The van der Waals surface area contributed by atoms with Crippen molar-refractivity contribution in [1.29, 1.82) is 0 Å². The van der Waals surface area contributed by atoms with Gasteiger partial charge in [0.05, 0.1) is 45.3 Å². The number of benzene rings is 2. The van der Waals surface area contributed by atoms with Gasteiger partial charge in [0.2, 0.25) is 10.9 Å². The fraction of sp³-hybridized carbons (Fsp3) is 0.200. The van der Waals surface area contributed by atoms with E-state index >= 15 is 0 Å². The molecule has 1 aromatic heterocycles. The molecule has 0 saturated carbocycles. The number of hydrogen-bond donors (Lipinski definition) is 1. The number of nitro benzene ring substituents is 1. The Kier molecular flexibility index (Phi) is 6.88. The number of anilines is 1. The van der Waals surface area contributed by atoms with Crippen LogP contribution in [0.15, 0.2) is 40.8 Å². The molecule has 0 amide bonds. The molecule has 3 rings (SSSR count). The van der Waals surface area contributed by atoms with E-state index < -0.39 is 4.92 Å². The molecular weight excluding hydrogens is 424 g/mol. The first-order valence-electron chi connectivity index (χ1n) is 8.88. The van der Waals surface area contributed by atoms with Gasteiger partial charge in [0.15, 0.2) is 5.75 Å². The van der Waals surface area contributed by atoms with Crippen LogP contribution in [0.4, 0.5) is 10.8 Å². The van der Waals surface area contributed by atoms with Gasteiger partial charge in [0.1, 0.15) is 11.5 Å². The molecule has 0 aliphatic carbocycles. The predicted molar refractivity (Wildman–Crippen MR) is 118 cm³/mol. The van der Waals surface area contributed by atoms with Gasteiger partial charge in [-0.1, -0.05) is 0 Å². The zero-order chi connectivity index (χ0) is 22.4. The number of nitro groups is 1. The lowest BCUT2D eigenvalue weighted by Crippen LogP contribution is -1.99. The van der Waals surface area contributed by atoms with E-state index in [0.29, 0.717) is 27.9 Å². The molecule has 0 saturated heterocycles. The molecule has 0 radical (unpaired) electrons. The van der Waals surface area contributed by atoms with Crippen molar-refractivity contribution in [3.63, 3.8) is 0 Å². The van der Waals surface area contributed by atoms with Crippen LogP contribution < -0.4 is 24.4 Å². The first-order chi connectivity index (χ1) is 15.0. The van der Waals surface area contributed by atoms with Gasteiger partial charge >= 0.3 is 5.69 Å². The Balaban J connectivity index is 1.80. The normalized spacial score (nSPS) is 10.7. The molecule has 0 fully saturated rings. The molecule has 1 N–H and O–H groups in total. The Morgan fingerprint density at radius 1 is 1.06 bits per heavy atom. The Bertz CT molecular complexity index is 1120. The van der Waals surface area contributed by atoms with Crippen LogP contribution in [0.1, 0.15) is 5.56 Å². The van der Waals surface area contributed by atoms with E-state index in [4.69, 9.17) is 18.9 Å². The van der Waals surface area contributed by atoms with Gasteiger partial charge in [-0.15, -0.1) is 11.3 Å². The first-order valence-corrected chi connectivity index (χ1v) is 9.76. The maximum atomic E-state index is 11.3. The summed E-state index contributed by atoms with van der Waals surface area (Å²) in [5.74, 6) is 1.61. The number of aromatic nitrogens is 1. The number of rotatable bonds is 9. The van der Waals surface area contributed by atoms with Crippen molar-refractivity contribution < 1.29 is 23.9 Å². The topological polar surface area (TPSA) is 117 Å². The van der Waals surface area contributed by atoms with Crippen LogP contribution in [0.5, 0.6) is 23.0 Å². The highest BCUT2D eigenvalue weighted by atomic mass is 32.1. The van der Waals surface area contributed by atoms with Gasteiger partial charge in [-0.25, -0.2) is 4.98 Å². The van der Waals surface area contributed by atoms with Gasteiger partial charge in [-0.3, -0.25) is 15.5 Å². The Morgan fingerprint density at radius 3 is 2.48 bits per heavy atom. The highest BCUT2D eigenvalue weighted by Crippen LogP contribution is 2.38. The summed E-state index contributed by atoms with van der Waals surface area (Å²) in [5, 5.41) is 17.8. The second-order valence-electron chi connectivity index (χ2n) is 6.01. The smallest absolute Gasteiger partial charge is 0.315 e. The molecule has 0 atom stereocenters. The molecule has 11 heteroatoms. The zero-order valence-electron chi connectivity index (χ0n) is 17.2. The molecule has 0 spiro atoms. The number of nitrogens with one attached hydrogen (secondary N) is 1. The third kappa shape index (κ3) is 4.83. The van der Waals surface area contributed by atoms with E-state index in [1.807, 2.05) is 17.5 Å². The molecule has 162 valence electrons. The summed E-state index contributed by atoms with van der Waals surface area (Å²) >= 11 is 1.35. The van der Waals surface area contributed by atoms with Crippen molar-refractivity contribution in [2.45, 2.75) is 0 Å². The van der Waals surface area contributed by atoms with Crippen LogP contribution >= 0.6 is 11.3 Å². The fourth-order valence-electron chi connectivity index (χ4n) is 2.80. The quantitative estimate of drug-likeness (QED) is 0.296. The molecule has 0 aliphatic rings. The van der Waals surface area contributed by atoms with E-state index in [2.05, 4.69) is 15.5 Å². The van der Waals surface area contributed by atoms with Gasteiger partial charge in [-0.05, 0) is 18.2 Å². The second-order valence-corrected chi connectivity index (χ2v) is 6.86. The number of thiazole rings is 1. The van der Waals surface area contributed by atoms with Crippen LogP contribution in [0.25, 0.3) is 11.3 Å². The third-order valence-corrected chi connectivity index (χ3v) is 4.99. The number of nitrogens with zero attached hydrogens (tertiary/aromatic N) is 3. The summed E-state index contributed by atoms with van der Waals surface area (Å²) in [6.45, 7) is 0. The predicted octanol–water partition coefficient (Wildman–Crippen LogP) is 4.20. The van der Waals surface area contributed by atoms with Crippen molar-refractivity contribution >= 4 is 28.4 Å². The van der Waals surface area contributed by atoms with Crippen molar-refractivity contribution in [3.05, 3.63) is 51.4 Å². The summed E-state index contributed by atoms with van der Waals surface area (Å²) in [4.78, 5) is 15.3. The van der Waals surface area contributed by atoms with Gasteiger partial charge in [0, 0.05) is 28.6 Å². The molecule has 0 unspecified atom stereocenters. The number of hydrogen-bond acceptors (Lipinski definition) is 10. The first kappa shape index (κ1) is 21.8. The minimum Gasteiger partial charge on any atom is -0.497 e. The monoisotopic (exact) mass is 444 g/mol. The summed E-state index contributed by atoms with van der Waals surface area (Å²) in [6.07, 6.45) is 1.43. The number of methoxy groups -OCH3 is 4. The van der Waals surface area contributed by atoms with Crippen LogP contribution in [-0.2, 0) is 0 Å². The minimum absolute atomic E-state index is 0.0515. The maximum absolute atomic E-state index is 11.3. The van der Waals surface area contributed by atoms with E-state index in [9.17, 15) is 10.1 Å². The Morgan fingerprint density at radius 2 is 1.84 bits per heavy atom. The van der Waals surface area contributed by atoms with Gasteiger partial charge < -0.3 is 18.9 Å². The highest BCUT2D eigenvalue weighted by molar-refractivity contribution is 7.14. The molecular formula is C20H20N4O6S. The van der Waals surface area contributed by atoms with E-state index in [0.717, 1.165) is 5.56 Å². The lowest BCUT2D eigenvalue weighted by Gasteiger charge is -2.08. The van der Waals surface area contributed by atoms with Gasteiger partial charge in [-0.2, -0.15) is 5.10 Å². The molecule has 0 aliphatic heterocycles. The molecule has 0 bridgehead atoms. The maximum Gasteiger partial charge on any atom is 0.315 e. The average molecular weight is 444 g/mol. The molecule has 31 heavy (non-hydrogen) atoms. The fourth-order valence-corrected chi connectivity index (χ4v) is 3.46. The van der Waals surface area contributed by atoms with Crippen molar-refractivity contribution in [1.82, 2.24) is 4.98 Å². The zero-order valence-corrected chi connectivity index (χ0v) is 18.1. The lowest BCUT2D eigenvalue weighted by atomic mass is 10.1. The van der Waals surface area contributed by atoms with Crippen LogP contribution in [0.2, 0.25) is 0 Å². The summed E-state index contributed by atoms with van der Waals surface area (Å²) in [6, 6.07) is 8.41. The Hall–Kier alpha value is -3.86. The largest absolute Gasteiger partial charge is 0.497 e. The summed E-state index contributed by atoms with van der Waals surface area (Å²) < 4.78 is 20.9. The van der Waals surface area contributed by atoms with E-state index in [-0.39, 0.29) is 17.2 Å².